The fourth-order valence-corrected chi connectivity index (χ4v) is 5.28. The van der Waals surface area contributed by atoms with Crippen LogP contribution in [-0.2, 0) is 23.3 Å². The topological polar surface area (TPSA) is 71.4 Å². The quantitative estimate of drug-likeness (QED) is 0.458. The van der Waals surface area contributed by atoms with E-state index in [2.05, 4.69) is 5.32 Å². The van der Waals surface area contributed by atoms with Crippen LogP contribution >= 0.6 is 0 Å². The summed E-state index contributed by atoms with van der Waals surface area (Å²) in [7, 11) is 0. The summed E-state index contributed by atoms with van der Waals surface area (Å²) in [5.41, 5.74) is 3.80. The Morgan fingerprint density at radius 1 is 1.09 bits per heavy atom. The van der Waals surface area contributed by atoms with Crippen LogP contribution in [0.1, 0.15) is 51.3 Å². The number of carbonyl (C=O) groups is 3. The Labute approximate surface area is 197 Å². The van der Waals surface area contributed by atoms with Gasteiger partial charge in [0.1, 0.15) is 11.4 Å². The zero-order valence-corrected chi connectivity index (χ0v) is 19.2. The lowest BCUT2D eigenvalue weighted by atomic mass is 9.76. The Balaban J connectivity index is 1.39. The standard InChI is InChI=1S/C27H26FN3O3/c1-17-14-22(18(2)30(17)15-19-9-11-21(28)12-10-19)24(32)16-31-25(33)27(29-26(31)34)13-5-7-20-6-3-4-8-23(20)27/h3-4,6,8-12,14H,5,7,13,15-16H2,1-2H3,(H,29,34)/t27-/m0/s1. The van der Waals surface area contributed by atoms with Crippen molar-refractivity contribution < 1.29 is 18.8 Å². The second kappa shape index (κ2) is 8.24. The first kappa shape index (κ1) is 22.1. The third-order valence-electron chi connectivity index (χ3n) is 7.08. The predicted molar refractivity (Wildman–Crippen MR) is 125 cm³/mol. The zero-order valence-electron chi connectivity index (χ0n) is 19.2. The van der Waals surface area contributed by atoms with Crippen molar-refractivity contribution in [2.24, 2.45) is 0 Å². The van der Waals surface area contributed by atoms with Crippen molar-refractivity contribution in [1.29, 1.82) is 0 Å². The van der Waals surface area contributed by atoms with Gasteiger partial charge in [-0.3, -0.25) is 14.5 Å². The van der Waals surface area contributed by atoms with Gasteiger partial charge in [0.2, 0.25) is 0 Å². The molecule has 3 aromatic rings. The number of imide groups is 1. The number of carbonyl (C=O) groups excluding carboxylic acids is 3. The molecule has 1 fully saturated rings. The van der Waals surface area contributed by atoms with Gasteiger partial charge in [-0.25, -0.2) is 9.18 Å². The number of fused-ring (bicyclic) bond motifs is 2. The Morgan fingerprint density at radius 2 is 1.82 bits per heavy atom. The number of halogens is 1. The van der Waals surface area contributed by atoms with Crippen LogP contribution in [0.25, 0.3) is 0 Å². The van der Waals surface area contributed by atoms with Crippen molar-refractivity contribution >= 4 is 17.7 Å². The van der Waals surface area contributed by atoms with Crippen LogP contribution in [0.2, 0.25) is 0 Å². The SMILES string of the molecule is Cc1cc(C(=O)CN2C(=O)N[C@]3(CCCc4ccccc43)C2=O)c(C)n1Cc1ccc(F)cc1. The molecule has 0 radical (unpaired) electrons. The number of nitrogens with zero attached hydrogens (tertiary/aromatic N) is 2. The second-order valence-electron chi connectivity index (χ2n) is 9.16. The fraction of sp³-hybridized carbons (Fsp3) is 0.296. The third-order valence-corrected chi connectivity index (χ3v) is 7.08. The molecule has 1 aliphatic carbocycles. The first-order chi connectivity index (χ1) is 16.3. The van der Waals surface area contributed by atoms with E-state index in [1.54, 1.807) is 18.2 Å². The van der Waals surface area contributed by atoms with Gasteiger partial charge in [0.15, 0.2) is 5.78 Å². The van der Waals surface area contributed by atoms with Crippen LogP contribution in [-0.4, -0.2) is 33.7 Å². The fourth-order valence-electron chi connectivity index (χ4n) is 5.28. The first-order valence-electron chi connectivity index (χ1n) is 11.5. The minimum absolute atomic E-state index is 0.289. The molecule has 1 aliphatic heterocycles. The summed E-state index contributed by atoms with van der Waals surface area (Å²) in [6.07, 6.45) is 2.17. The van der Waals surface area contributed by atoms with Crippen LogP contribution in [0.15, 0.2) is 54.6 Å². The van der Waals surface area contributed by atoms with E-state index < -0.39 is 11.6 Å². The maximum atomic E-state index is 13.5. The molecule has 1 spiro atoms. The lowest BCUT2D eigenvalue weighted by Crippen LogP contribution is -2.46. The van der Waals surface area contributed by atoms with Crippen LogP contribution in [0.3, 0.4) is 0 Å². The lowest BCUT2D eigenvalue weighted by Gasteiger charge is -2.33. The van der Waals surface area contributed by atoms with E-state index >= 15 is 0 Å². The Bertz CT molecular complexity index is 1310. The van der Waals surface area contributed by atoms with E-state index in [1.165, 1.54) is 12.1 Å². The zero-order chi connectivity index (χ0) is 24.0. The molecule has 0 saturated carbocycles. The van der Waals surface area contributed by atoms with Crippen LogP contribution in [0.5, 0.6) is 0 Å². The van der Waals surface area contributed by atoms with Crippen molar-refractivity contribution in [3.63, 3.8) is 0 Å². The van der Waals surface area contributed by atoms with Gasteiger partial charge in [0.25, 0.3) is 5.91 Å². The van der Waals surface area contributed by atoms with E-state index in [9.17, 15) is 18.8 Å². The smallest absolute Gasteiger partial charge is 0.325 e. The number of benzene rings is 2. The Morgan fingerprint density at radius 3 is 2.59 bits per heavy atom. The highest BCUT2D eigenvalue weighted by Gasteiger charge is 2.54. The normalized spacial score (nSPS) is 19.4. The van der Waals surface area contributed by atoms with Gasteiger partial charge in [-0.05, 0) is 68.0 Å². The highest BCUT2D eigenvalue weighted by Crippen LogP contribution is 2.40. The largest absolute Gasteiger partial charge is 0.344 e. The number of hydrogen-bond donors (Lipinski definition) is 1. The maximum absolute atomic E-state index is 13.5. The summed E-state index contributed by atoms with van der Waals surface area (Å²) < 4.78 is 15.2. The number of rotatable bonds is 5. The van der Waals surface area contributed by atoms with E-state index in [1.807, 2.05) is 42.7 Å². The van der Waals surface area contributed by atoms with Crippen LogP contribution in [0.4, 0.5) is 9.18 Å². The van der Waals surface area contributed by atoms with Crippen molar-refractivity contribution in [2.45, 2.75) is 45.2 Å². The molecule has 5 rings (SSSR count). The Kier molecular flexibility index (Phi) is 5.35. The maximum Gasteiger partial charge on any atom is 0.325 e. The van der Waals surface area contributed by atoms with Crippen molar-refractivity contribution in [2.75, 3.05) is 6.54 Å². The first-order valence-corrected chi connectivity index (χ1v) is 11.5. The Hall–Kier alpha value is -3.74. The van der Waals surface area contributed by atoms with Crippen molar-refractivity contribution in [1.82, 2.24) is 14.8 Å². The van der Waals surface area contributed by atoms with E-state index in [-0.39, 0.29) is 24.1 Å². The molecule has 34 heavy (non-hydrogen) atoms. The van der Waals surface area contributed by atoms with E-state index in [4.69, 9.17) is 0 Å². The molecule has 7 heteroatoms. The average molecular weight is 460 g/mol. The van der Waals surface area contributed by atoms with Gasteiger partial charge < -0.3 is 9.88 Å². The monoisotopic (exact) mass is 459 g/mol. The summed E-state index contributed by atoms with van der Waals surface area (Å²) in [6.45, 7) is 3.92. The number of urea groups is 1. The summed E-state index contributed by atoms with van der Waals surface area (Å²) in [6, 6.07) is 15.2. The molecule has 0 bridgehead atoms. The third kappa shape index (κ3) is 3.52. The summed E-state index contributed by atoms with van der Waals surface area (Å²) in [4.78, 5) is 40.7. The lowest BCUT2D eigenvalue weighted by molar-refractivity contribution is -0.131. The molecule has 1 saturated heterocycles. The number of ketones is 1. The van der Waals surface area contributed by atoms with Gasteiger partial charge in [-0.1, -0.05) is 36.4 Å². The highest BCUT2D eigenvalue weighted by atomic mass is 19.1. The summed E-state index contributed by atoms with van der Waals surface area (Å²) in [5, 5.41) is 2.90. The second-order valence-corrected chi connectivity index (χ2v) is 9.16. The number of amides is 3. The molecule has 3 amide bonds. The molecule has 1 aromatic heterocycles. The number of Topliss-reactive ketones (excluding diaryl/α,β-unsaturated/α-hetero) is 1. The molecule has 1 N–H and O–H groups in total. The van der Waals surface area contributed by atoms with Crippen molar-refractivity contribution in [3.8, 4) is 0 Å². The van der Waals surface area contributed by atoms with Crippen molar-refractivity contribution in [3.05, 3.63) is 94.1 Å². The molecular formula is C27H26FN3O3. The molecule has 174 valence electrons. The minimum atomic E-state index is -1.09. The molecule has 0 unspecified atom stereocenters. The van der Waals surface area contributed by atoms with E-state index in [0.29, 0.717) is 18.5 Å². The molecule has 2 heterocycles. The van der Waals surface area contributed by atoms with Gasteiger partial charge in [0.05, 0.1) is 6.54 Å². The average Bonchev–Trinajstić information content (AvgIpc) is 3.23. The van der Waals surface area contributed by atoms with Gasteiger partial charge >= 0.3 is 6.03 Å². The molecule has 6 nitrogen and oxygen atoms in total. The molecular weight excluding hydrogens is 433 g/mol. The van der Waals surface area contributed by atoms with Crippen LogP contribution in [0, 0.1) is 19.7 Å². The van der Waals surface area contributed by atoms with Gasteiger partial charge in [-0.15, -0.1) is 0 Å². The van der Waals surface area contributed by atoms with Gasteiger partial charge in [0, 0.05) is 23.5 Å². The number of nitrogens with one attached hydrogen (secondary N) is 1. The number of aromatic nitrogens is 1. The van der Waals surface area contributed by atoms with Gasteiger partial charge in [-0.2, -0.15) is 0 Å². The molecule has 2 aliphatic rings. The predicted octanol–water partition coefficient (Wildman–Crippen LogP) is 4.26. The number of hydrogen-bond acceptors (Lipinski definition) is 3. The molecule has 1 atom stereocenters. The summed E-state index contributed by atoms with van der Waals surface area (Å²) >= 11 is 0. The minimum Gasteiger partial charge on any atom is -0.344 e. The van der Waals surface area contributed by atoms with E-state index in [0.717, 1.165) is 45.8 Å². The summed E-state index contributed by atoms with van der Waals surface area (Å²) in [5.74, 6) is -0.950. The van der Waals surface area contributed by atoms with Crippen LogP contribution < -0.4 is 5.32 Å². The molecule has 2 aromatic carbocycles. The number of aryl methyl sites for hydroxylation is 2. The highest BCUT2D eigenvalue weighted by molar-refractivity contribution is 6.11.